The molecule has 0 radical (unpaired) electrons. The largest absolute Gasteiger partial charge is 0.450 e. The molecule has 1 aliphatic rings. The highest BCUT2D eigenvalue weighted by Crippen LogP contribution is 2.28. The van der Waals surface area contributed by atoms with Crippen LogP contribution in [0, 0.1) is 0 Å². The molecular weight excluding hydrogens is 364 g/mol. The van der Waals surface area contributed by atoms with Gasteiger partial charge in [-0.25, -0.2) is 9.78 Å². The summed E-state index contributed by atoms with van der Waals surface area (Å²) in [7, 11) is 0. The Labute approximate surface area is 160 Å². The number of aromatic nitrogens is 2. The second-order valence-corrected chi connectivity index (χ2v) is 7.39. The van der Waals surface area contributed by atoms with Crippen molar-refractivity contribution in [3.8, 4) is 0 Å². The Kier molecular flexibility index (Phi) is 4.81. The molecule has 27 heavy (non-hydrogen) atoms. The van der Waals surface area contributed by atoms with Crippen LogP contribution in [0.5, 0.6) is 0 Å². The Bertz CT molecular complexity index is 994. The highest BCUT2D eigenvalue weighted by molar-refractivity contribution is 7.15. The van der Waals surface area contributed by atoms with Crippen LogP contribution in [0.15, 0.2) is 36.5 Å². The molecule has 0 aliphatic carbocycles. The third-order valence-corrected chi connectivity index (χ3v) is 5.55. The monoisotopic (exact) mass is 384 g/mol. The number of nitrogens with zero attached hydrogens (tertiary/aromatic N) is 3. The molecule has 1 aromatic carbocycles. The molecule has 0 bridgehead atoms. The molecule has 0 atom stereocenters. The minimum absolute atomic E-state index is 0.0790. The van der Waals surface area contributed by atoms with Crippen LogP contribution < -0.4 is 5.32 Å². The molecule has 2 aromatic heterocycles. The first-order valence-corrected chi connectivity index (χ1v) is 9.69. The van der Waals surface area contributed by atoms with Crippen molar-refractivity contribution in [1.82, 2.24) is 14.5 Å². The van der Waals surface area contributed by atoms with Crippen LogP contribution in [-0.4, -0.2) is 39.6 Å². The fourth-order valence-corrected chi connectivity index (χ4v) is 4.25. The molecular formula is C19H20N4O3S. The Morgan fingerprint density at radius 1 is 1.30 bits per heavy atom. The van der Waals surface area contributed by atoms with Crippen LogP contribution in [0.2, 0.25) is 0 Å². The number of amides is 2. The third kappa shape index (κ3) is 3.66. The van der Waals surface area contributed by atoms with E-state index in [-0.39, 0.29) is 5.91 Å². The van der Waals surface area contributed by atoms with Crippen molar-refractivity contribution in [2.24, 2.45) is 0 Å². The Morgan fingerprint density at radius 2 is 2.15 bits per heavy atom. The number of anilines is 1. The molecule has 0 saturated heterocycles. The van der Waals surface area contributed by atoms with Gasteiger partial charge in [0.2, 0.25) is 5.91 Å². The van der Waals surface area contributed by atoms with Crippen molar-refractivity contribution in [2.45, 2.75) is 26.4 Å². The van der Waals surface area contributed by atoms with Gasteiger partial charge < -0.3 is 14.2 Å². The van der Waals surface area contributed by atoms with E-state index in [0.717, 1.165) is 21.5 Å². The number of thiazole rings is 1. The zero-order valence-corrected chi connectivity index (χ0v) is 15.8. The van der Waals surface area contributed by atoms with Crippen molar-refractivity contribution in [2.75, 3.05) is 18.5 Å². The molecule has 140 valence electrons. The Morgan fingerprint density at radius 3 is 3.00 bits per heavy atom. The van der Waals surface area contributed by atoms with E-state index in [1.54, 1.807) is 6.92 Å². The second kappa shape index (κ2) is 7.40. The zero-order chi connectivity index (χ0) is 18.8. The number of hydrogen-bond donors (Lipinski definition) is 1. The van der Waals surface area contributed by atoms with Crippen molar-refractivity contribution in [3.63, 3.8) is 0 Å². The first-order valence-electron chi connectivity index (χ1n) is 8.88. The summed E-state index contributed by atoms with van der Waals surface area (Å²) >= 11 is 1.40. The maximum absolute atomic E-state index is 12.8. The molecule has 0 fully saturated rings. The molecule has 0 spiro atoms. The van der Waals surface area contributed by atoms with Crippen LogP contribution in [0.3, 0.4) is 0 Å². The van der Waals surface area contributed by atoms with Gasteiger partial charge >= 0.3 is 6.09 Å². The van der Waals surface area contributed by atoms with Gasteiger partial charge in [-0.1, -0.05) is 29.5 Å². The van der Waals surface area contributed by atoms with E-state index in [1.165, 1.54) is 11.3 Å². The molecule has 4 rings (SSSR count). The third-order valence-electron chi connectivity index (χ3n) is 4.55. The minimum Gasteiger partial charge on any atom is -0.450 e. The van der Waals surface area contributed by atoms with Gasteiger partial charge in [0.05, 0.1) is 18.8 Å². The first-order chi connectivity index (χ1) is 13.1. The van der Waals surface area contributed by atoms with Gasteiger partial charge in [0.25, 0.3) is 0 Å². The van der Waals surface area contributed by atoms with Gasteiger partial charge in [-0.3, -0.25) is 10.1 Å². The number of hydrogen-bond acceptors (Lipinski definition) is 5. The molecule has 1 aliphatic heterocycles. The molecule has 3 aromatic rings. The predicted molar refractivity (Wildman–Crippen MR) is 104 cm³/mol. The van der Waals surface area contributed by atoms with E-state index in [0.29, 0.717) is 37.8 Å². The van der Waals surface area contributed by atoms with Crippen LogP contribution in [0.25, 0.3) is 10.9 Å². The van der Waals surface area contributed by atoms with Gasteiger partial charge in [0.1, 0.15) is 6.54 Å². The van der Waals surface area contributed by atoms with Gasteiger partial charge in [0.15, 0.2) is 5.13 Å². The Hall–Kier alpha value is -2.87. The molecule has 0 unspecified atom stereocenters. The number of rotatable bonds is 4. The first kappa shape index (κ1) is 17.5. The average Bonchev–Trinajstić information content (AvgIpc) is 3.24. The van der Waals surface area contributed by atoms with E-state index in [2.05, 4.69) is 10.3 Å². The zero-order valence-electron chi connectivity index (χ0n) is 15.0. The lowest BCUT2D eigenvalue weighted by molar-refractivity contribution is -0.132. The molecule has 0 saturated carbocycles. The van der Waals surface area contributed by atoms with Gasteiger partial charge in [-0.05, 0) is 24.4 Å². The lowest BCUT2D eigenvalue weighted by Crippen LogP contribution is -2.37. The van der Waals surface area contributed by atoms with Gasteiger partial charge in [-0.2, -0.15) is 0 Å². The van der Waals surface area contributed by atoms with Crippen molar-refractivity contribution >= 4 is 39.4 Å². The minimum atomic E-state index is -0.504. The van der Waals surface area contributed by atoms with Crippen LogP contribution >= 0.6 is 11.3 Å². The summed E-state index contributed by atoms with van der Waals surface area (Å²) in [6.45, 7) is 3.54. The van der Waals surface area contributed by atoms with Gasteiger partial charge in [-0.15, -0.1) is 0 Å². The summed E-state index contributed by atoms with van der Waals surface area (Å²) < 4.78 is 6.86. The average molecular weight is 384 g/mol. The lowest BCUT2D eigenvalue weighted by Gasteiger charge is -2.26. The van der Waals surface area contributed by atoms with Crippen molar-refractivity contribution in [1.29, 1.82) is 0 Å². The van der Waals surface area contributed by atoms with Crippen molar-refractivity contribution in [3.05, 3.63) is 47.1 Å². The summed E-state index contributed by atoms with van der Waals surface area (Å²) in [5.41, 5.74) is 2.00. The highest BCUT2D eigenvalue weighted by Gasteiger charge is 2.25. The fourth-order valence-electron chi connectivity index (χ4n) is 3.24. The number of para-hydroxylation sites is 1. The number of fused-ring (bicyclic) bond motifs is 2. The van der Waals surface area contributed by atoms with E-state index < -0.39 is 6.09 Å². The summed E-state index contributed by atoms with van der Waals surface area (Å²) in [6.07, 6.45) is 2.14. The number of benzene rings is 1. The molecule has 7 nitrogen and oxygen atoms in total. The topological polar surface area (TPSA) is 76.5 Å². The van der Waals surface area contributed by atoms with Crippen LogP contribution in [0.4, 0.5) is 9.93 Å². The van der Waals surface area contributed by atoms with Crippen molar-refractivity contribution < 1.29 is 14.3 Å². The van der Waals surface area contributed by atoms with Crippen LogP contribution in [-0.2, 0) is 29.0 Å². The maximum atomic E-state index is 12.8. The van der Waals surface area contributed by atoms with E-state index in [1.807, 2.05) is 46.0 Å². The second-order valence-electron chi connectivity index (χ2n) is 6.30. The summed E-state index contributed by atoms with van der Waals surface area (Å²) in [4.78, 5) is 31.6. The standard InChI is InChI=1S/C19H20N4O3S/c1-2-26-19(25)21-18-20-14-8-10-23(11-16(14)27-18)17(24)12-22-9-7-13-5-3-4-6-15(13)22/h3-7,9H,2,8,10-12H2,1H3,(H,20,21,25). The number of carbonyl (C=O) groups excluding carboxylic acids is 2. The summed E-state index contributed by atoms with van der Waals surface area (Å²) in [5.74, 6) is 0.0790. The maximum Gasteiger partial charge on any atom is 0.413 e. The summed E-state index contributed by atoms with van der Waals surface area (Å²) in [6, 6.07) is 10.1. The SMILES string of the molecule is CCOC(=O)Nc1nc2c(s1)CN(C(=O)Cn1ccc3ccccc31)CC2. The lowest BCUT2D eigenvalue weighted by atomic mass is 10.2. The van der Waals surface area contributed by atoms with E-state index in [4.69, 9.17) is 4.74 Å². The smallest absolute Gasteiger partial charge is 0.413 e. The van der Waals surface area contributed by atoms with E-state index >= 15 is 0 Å². The normalized spacial score (nSPS) is 13.4. The molecule has 1 N–H and O–H groups in total. The summed E-state index contributed by atoms with van der Waals surface area (Å²) in [5, 5.41) is 4.29. The van der Waals surface area contributed by atoms with Crippen LogP contribution in [0.1, 0.15) is 17.5 Å². The highest BCUT2D eigenvalue weighted by atomic mass is 32.1. The Balaban J connectivity index is 1.43. The molecule has 8 heteroatoms. The quantitative estimate of drug-likeness (QED) is 0.749. The fraction of sp³-hybridized carbons (Fsp3) is 0.316. The number of carbonyl (C=O) groups is 2. The van der Waals surface area contributed by atoms with E-state index in [9.17, 15) is 9.59 Å². The number of ether oxygens (including phenoxy) is 1. The molecule has 2 amide bonds. The van der Waals surface area contributed by atoms with Gasteiger partial charge in [0, 0.05) is 29.6 Å². The molecule has 3 heterocycles. The number of nitrogens with one attached hydrogen (secondary N) is 1. The predicted octanol–water partition coefficient (Wildman–Crippen LogP) is 3.25.